The number of aromatic nitrogens is 1. The zero-order valence-corrected chi connectivity index (χ0v) is 15.3. The molecule has 0 saturated heterocycles. The smallest absolute Gasteiger partial charge is 0.338 e. The average molecular weight is 383 g/mol. The third-order valence-corrected chi connectivity index (χ3v) is 4.35. The molecule has 0 aliphatic heterocycles. The molecule has 3 rings (SSSR count). The first-order valence-electron chi connectivity index (χ1n) is 7.98. The van der Waals surface area contributed by atoms with E-state index in [-0.39, 0.29) is 5.56 Å². The van der Waals surface area contributed by atoms with Crippen molar-refractivity contribution >= 4 is 34.0 Å². The number of ether oxygens (including phenoxy) is 2. The van der Waals surface area contributed by atoms with Gasteiger partial charge in [0.2, 0.25) is 0 Å². The number of anilines is 2. The monoisotopic (exact) mass is 383 g/mol. The van der Waals surface area contributed by atoms with Crippen LogP contribution >= 0.6 is 11.3 Å². The Morgan fingerprint density at radius 1 is 1.19 bits per heavy atom. The number of nitrogen functional groups attached to an aromatic ring is 1. The van der Waals surface area contributed by atoms with Crippen molar-refractivity contribution in [3.63, 3.8) is 0 Å². The summed E-state index contributed by atoms with van der Waals surface area (Å²) in [4.78, 5) is 28.3. The quantitative estimate of drug-likeness (QED) is 0.500. The van der Waals surface area contributed by atoms with Gasteiger partial charge in [0.15, 0.2) is 11.7 Å². The molecule has 0 radical (unpaired) electrons. The van der Waals surface area contributed by atoms with Crippen molar-refractivity contribution in [1.82, 2.24) is 4.98 Å². The van der Waals surface area contributed by atoms with Crippen LogP contribution in [0.3, 0.4) is 0 Å². The van der Waals surface area contributed by atoms with Crippen LogP contribution in [0.15, 0.2) is 53.9 Å². The molecule has 1 amide bonds. The maximum absolute atomic E-state index is 12.0. The number of amides is 1. The standard InChI is InChI=1S/C19H17N3O4S/c1-25-16-8-3-2-7-14(16)15-11-27-19(21-15)22-17(23)10-26-18(24)12-5-4-6-13(20)9-12/h2-9,11H,10,20H2,1H3,(H,21,22,23). The van der Waals surface area contributed by atoms with E-state index in [1.54, 1.807) is 25.3 Å². The van der Waals surface area contributed by atoms with Crippen LogP contribution in [0.1, 0.15) is 10.4 Å². The van der Waals surface area contributed by atoms with E-state index >= 15 is 0 Å². The maximum atomic E-state index is 12.0. The number of thiazole rings is 1. The van der Waals surface area contributed by atoms with Crippen molar-refractivity contribution in [3.8, 4) is 17.0 Å². The number of para-hydroxylation sites is 1. The molecule has 7 nitrogen and oxygen atoms in total. The highest BCUT2D eigenvalue weighted by Gasteiger charge is 2.13. The van der Waals surface area contributed by atoms with E-state index in [1.807, 2.05) is 29.6 Å². The summed E-state index contributed by atoms with van der Waals surface area (Å²) < 4.78 is 10.3. The van der Waals surface area contributed by atoms with Gasteiger partial charge < -0.3 is 15.2 Å². The topological polar surface area (TPSA) is 104 Å². The summed E-state index contributed by atoms with van der Waals surface area (Å²) in [6, 6.07) is 13.8. The number of esters is 1. The number of rotatable bonds is 6. The minimum Gasteiger partial charge on any atom is -0.496 e. The SMILES string of the molecule is COc1ccccc1-c1csc(NC(=O)COC(=O)c2cccc(N)c2)n1. The molecular weight excluding hydrogens is 366 g/mol. The van der Waals surface area contributed by atoms with Crippen LogP contribution in [-0.2, 0) is 9.53 Å². The lowest BCUT2D eigenvalue weighted by atomic mass is 10.1. The lowest BCUT2D eigenvalue weighted by molar-refractivity contribution is -0.119. The summed E-state index contributed by atoms with van der Waals surface area (Å²) >= 11 is 1.27. The Balaban J connectivity index is 1.59. The number of nitrogens with zero attached hydrogens (tertiary/aromatic N) is 1. The zero-order chi connectivity index (χ0) is 19.2. The number of hydrogen-bond acceptors (Lipinski definition) is 7. The molecule has 0 atom stereocenters. The van der Waals surface area contributed by atoms with Gasteiger partial charge >= 0.3 is 5.97 Å². The first-order valence-corrected chi connectivity index (χ1v) is 8.86. The van der Waals surface area contributed by atoms with Crippen molar-refractivity contribution in [1.29, 1.82) is 0 Å². The average Bonchev–Trinajstić information content (AvgIpc) is 3.14. The number of nitrogens with two attached hydrogens (primary N) is 1. The van der Waals surface area contributed by atoms with Gasteiger partial charge in [0, 0.05) is 16.6 Å². The molecule has 0 aliphatic carbocycles. The summed E-state index contributed by atoms with van der Waals surface area (Å²) in [6.07, 6.45) is 0. The van der Waals surface area contributed by atoms with Crippen molar-refractivity contribution in [2.45, 2.75) is 0 Å². The molecule has 138 valence electrons. The second-order valence-electron chi connectivity index (χ2n) is 5.49. The normalized spacial score (nSPS) is 10.3. The van der Waals surface area contributed by atoms with Crippen LogP contribution in [0.5, 0.6) is 5.75 Å². The van der Waals surface area contributed by atoms with E-state index in [0.717, 1.165) is 5.56 Å². The van der Waals surface area contributed by atoms with Crippen molar-refractivity contribution in [3.05, 3.63) is 59.5 Å². The third kappa shape index (κ3) is 4.62. The zero-order valence-electron chi connectivity index (χ0n) is 14.5. The Kier molecular flexibility index (Phi) is 5.68. The predicted octanol–water partition coefficient (Wildman–Crippen LogP) is 3.20. The molecule has 3 N–H and O–H groups in total. The highest BCUT2D eigenvalue weighted by atomic mass is 32.1. The summed E-state index contributed by atoms with van der Waals surface area (Å²) in [5, 5.41) is 4.83. The molecule has 0 spiro atoms. The van der Waals surface area contributed by atoms with Gasteiger partial charge in [0.25, 0.3) is 5.91 Å². The predicted molar refractivity (Wildman–Crippen MR) is 104 cm³/mol. The van der Waals surface area contributed by atoms with E-state index in [0.29, 0.717) is 22.3 Å². The van der Waals surface area contributed by atoms with Gasteiger partial charge in [-0.1, -0.05) is 18.2 Å². The molecule has 27 heavy (non-hydrogen) atoms. The number of benzene rings is 2. The maximum Gasteiger partial charge on any atom is 0.338 e. The van der Waals surface area contributed by atoms with Crippen LogP contribution in [0.4, 0.5) is 10.8 Å². The van der Waals surface area contributed by atoms with Gasteiger partial charge in [-0.25, -0.2) is 9.78 Å². The second-order valence-corrected chi connectivity index (χ2v) is 6.35. The first-order chi connectivity index (χ1) is 13.1. The molecule has 0 aliphatic rings. The Hall–Kier alpha value is -3.39. The summed E-state index contributed by atoms with van der Waals surface area (Å²) in [6.45, 7) is -0.419. The molecule has 1 heterocycles. The first kappa shape index (κ1) is 18.4. The van der Waals surface area contributed by atoms with Crippen LogP contribution in [-0.4, -0.2) is 30.6 Å². The highest BCUT2D eigenvalue weighted by Crippen LogP contribution is 2.31. The highest BCUT2D eigenvalue weighted by molar-refractivity contribution is 7.14. The van der Waals surface area contributed by atoms with E-state index in [4.69, 9.17) is 15.2 Å². The van der Waals surface area contributed by atoms with Gasteiger partial charge in [0.1, 0.15) is 5.75 Å². The number of hydrogen-bond donors (Lipinski definition) is 2. The number of carbonyl (C=O) groups excluding carboxylic acids is 2. The summed E-state index contributed by atoms with van der Waals surface area (Å²) in [5.74, 6) is -0.406. The molecule has 0 saturated carbocycles. The Labute approximate surface area is 159 Å². The summed E-state index contributed by atoms with van der Waals surface area (Å²) in [5.41, 5.74) is 7.86. The fourth-order valence-electron chi connectivity index (χ4n) is 2.35. The lowest BCUT2D eigenvalue weighted by Gasteiger charge is -2.06. The molecule has 1 aromatic heterocycles. The number of methoxy groups -OCH3 is 1. The van der Waals surface area contributed by atoms with Gasteiger partial charge in [-0.15, -0.1) is 11.3 Å². The van der Waals surface area contributed by atoms with Crippen LogP contribution in [0, 0.1) is 0 Å². The molecule has 0 fully saturated rings. The molecule has 3 aromatic rings. The van der Waals surface area contributed by atoms with Crippen LogP contribution < -0.4 is 15.8 Å². The number of nitrogens with one attached hydrogen (secondary N) is 1. The van der Waals surface area contributed by atoms with Crippen LogP contribution in [0.25, 0.3) is 11.3 Å². The Bertz CT molecular complexity index is 971. The fourth-order valence-corrected chi connectivity index (χ4v) is 3.07. The van der Waals surface area contributed by atoms with E-state index in [9.17, 15) is 9.59 Å². The fraction of sp³-hybridized carbons (Fsp3) is 0.105. The third-order valence-electron chi connectivity index (χ3n) is 3.59. The van der Waals surface area contributed by atoms with E-state index in [2.05, 4.69) is 10.3 Å². The minimum atomic E-state index is -0.619. The largest absolute Gasteiger partial charge is 0.496 e. The lowest BCUT2D eigenvalue weighted by Crippen LogP contribution is -2.20. The molecule has 2 aromatic carbocycles. The Morgan fingerprint density at radius 3 is 2.78 bits per heavy atom. The van der Waals surface area contributed by atoms with E-state index < -0.39 is 18.5 Å². The molecule has 0 unspecified atom stereocenters. The minimum absolute atomic E-state index is 0.288. The van der Waals surface area contributed by atoms with Crippen molar-refractivity contribution in [2.75, 3.05) is 24.8 Å². The van der Waals surface area contributed by atoms with Crippen LogP contribution in [0.2, 0.25) is 0 Å². The second kappa shape index (κ2) is 8.33. The van der Waals surface area contributed by atoms with Crippen molar-refractivity contribution < 1.29 is 19.1 Å². The number of carbonyl (C=O) groups is 2. The molecular formula is C19H17N3O4S. The van der Waals surface area contributed by atoms with Gasteiger partial charge in [-0.3, -0.25) is 10.1 Å². The summed E-state index contributed by atoms with van der Waals surface area (Å²) in [7, 11) is 1.59. The van der Waals surface area contributed by atoms with E-state index in [1.165, 1.54) is 17.4 Å². The Morgan fingerprint density at radius 2 is 2.00 bits per heavy atom. The van der Waals surface area contributed by atoms with Gasteiger partial charge in [0.05, 0.1) is 18.4 Å². The molecule has 0 bridgehead atoms. The molecule has 8 heteroatoms. The van der Waals surface area contributed by atoms with Gasteiger partial charge in [-0.2, -0.15) is 0 Å². The van der Waals surface area contributed by atoms with Crippen molar-refractivity contribution in [2.24, 2.45) is 0 Å². The van der Waals surface area contributed by atoms with Gasteiger partial charge in [-0.05, 0) is 30.3 Å².